The Labute approximate surface area is 84.3 Å². The maximum atomic E-state index is 5.71. The van der Waals surface area contributed by atoms with Crippen molar-refractivity contribution in [2.24, 2.45) is 0 Å². The molecule has 1 aromatic heterocycles. The van der Waals surface area contributed by atoms with E-state index in [1.165, 1.54) is 0 Å². The minimum Gasteiger partial charge on any atom is -0.321 e. The highest BCUT2D eigenvalue weighted by Crippen LogP contribution is 2.19. The van der Waals surface area contributed by atoms with Gasteiger partial charge in [0.1, 0.15) is 0 Å². The monoisotopic (exact) mass is 214 g/mol. The van der Waals surface area contributed by atoms with Crippen molar-refractivity contribution in [2.75, 3.05) is 0 Å². The normalized spacial score (nSPS) is 10.3. The fraction of sp³-hybridized carbons (Fsp3) is 0. The van der Waals surface area contributed by atoms with Crippen molar-refractivity contribution in [1.82, 2.24) is 10.1 Å². The molecule has 0 aliphatic carbocycles. The predicted molar refractivity (Wildman–Crippen MR) is 49.8 cm³/mol. The fourth-order valence-electron chi connectivity index (χ4n) is 0.921. The molecule has 13 heavy (non-hydrogen) atoms. The highest BCUT2D eigenvalue weighted by Gasteiger charge is 2.05. The summed E-state index contributed by atoms with van der Waals surface area (Å²) in [6.45, 7) is 0. The SMILES string of the molecule is Clc1ccc(-c2noc(Cl)n2)cc1. The molecule has 1 aromatic carbocycles. The van der Waals surface area contributed by atoms with E-state index in [-0.39, 0.29) is 5.35 Å². The number of hydrogen-bond donors (Lipinski definition) is 0. The van der Waals surface area contributed by atoms with Crippen molar-refractivity contribution >= 4 is 23.2 Å². The van der Waals surface area contributed by atoms with E-state index >= 15 is 0 Å². The summed E-state index contributed by atoms with van der Waals surface area (Å²) < 4.78 is 4.62. The molecule has 0 N–H and O–H groups in total. The average Bonchev–Trinajstić information content (AvgIpc) is 2.53. The van der Waals surface area contributed by atoms with E-state index in [0.29, 0.717) is 10.8 Å². The number of aromatic nitrogens is 2. The van der Waals surface area contributed by atoms with Crippen LogP contribution >= 0.6 is 23.2 Å². The third-order valence-corrected chi connectivity index (χ3v) is 1.91. The number of hydrogen-bond acceptors (Lipinski definition) is 3. The maximum Gasteiger partial charge on any atom is 0.320 e. The lowest BCUT2D eigenvalue weighted by Crippen LogP contribution is -1.78. The van der Waals surface area contributed by atoms with Gasteiger partial charge in [-0.05, 0) is 35.9 Å². The minimum absolute atomic E-state index is 0.0324. The van der Waals surface area contributed by atoms with Crippen molar-refractivity contribution in [3.63, 3.8) is 0 Å². The molecule has 2 aromatic rings. The zero-order valence-corrected chi connectivity index (χ0v) is 7.88. The Morgan fingerprint density at radius 3 is 2.31 bits per heavy atom. The van der Waals surface area contributed by atoms with E-state index in [1.807, 2.05) is 0 Å². The molecule has 3 nitrogen and oxygen atoms in total. The molecule has 0 aliphatic heterocycles. The molecule has 5 heteroatoms. The van der Waals surface area contributed by atoms with Crippen molar-refractivity contribution in [3.8, 4) is 11.4 Å². The lowest BCUT2D eigenvalue weighted by molar-refractivity contribution is 0.421. The Morgan fingerprint density at radius 2 is 1.77 bits per heavy atom. The highest BCUT2D eigenvalue weighted by atomic mass is 35.5. The molecule has 66 valence electrons. The topological polar surface area (TPSA) is 38.9 Å². The van der Waals surface area contributed by atoms with Crippen molar-refractivity contribution in [3.05, 3.63) is 34.6 Å². The largest absolute Gasteiger partial charge is 0.321 e. The van der Waals surface area contributed by atoms with E-state index in [4.69, 9.17) is 23.2 Å². The second-order valence-corrected chi connectivity index (χ2v) is 3.14. The highest BCUT2D eigenvalue weighted by molar-refractivity contribution is 6.30. The summed E-state index contributed by atoms with van der Waals surface area (Å²) in [5, 5.41) is 4.35. The smallest absolute Gasteiger partial charge is 0.320 e. The molecule has 1 heterocycles. The van der Waals surface area contributed by atoms with Crippen LogP contribution in [0.25, 0.3) is 11.4 Å². The summed E-state index contributed by atoms with van der Waals surface area (Å²) in [6, 6.07) is 7.09. The molecule has 0 spiro atoms. The number of nitrogens with zero attached hydrogens (tertiary/aromatic N) is 2. The fourth-order valence-corrected chi connectivity index (χ4v) is 1.16. The van der Waals surface area contributed by atoms with Crippen LogP contribution in [0.3, 0.4) is 0 Å². The molecular formula is C8H4Cl2N2O. The van der Waals surface area contributed by atoms with Gasteiger partial charge in [-0.25, -0.2) is 0 Å². The van der Waals surface area contributed by atoms with Gasteiger partial charge in [-0.3, -0.25) is 0 Å². The van der Waals surface area contributed by atoms with Crippen LogP contribution in [0, 0.1) is 0 Å². The van der Waals surface area contributed by atoms with Gasteiger partial charge in [0.15, 0.2) is 0 Å². The van der Waals surface area contributed by atoms with Gasteiger partial charge in [-0.15, -0.1) is 0 Å². The summed E-state index contributed by atoms with van der Waals surface area (Å²) in [5.41, 5.74) is 0.819. The Balaban J connectivity index is 2.41. The minimum atomic E-state index is 0.0324. The van der Waals surface area contributed by atoms with Crippen LogP contribution in [-0.2, 0) is 0 Å². The zero-order chi connectivity index (χ0) is 9.26. The first kappa shape index (κ1) is 8.53. The summed E-state index contributed by atoms with van der Waals surface area (Å²) in [4.78, 5) is 3.86. The van der Waals surface area contributed by atoms with Gasteiger partial charge >= 0.3 is 5.35 Å². The average molecular weight is 215 g/mol. The van der Waals surface area contributed by atoms with Gasteiger partial charge in [0, 0.05) is 10.6 Å². The number of halogens is 2. The predicted octanol–water partition coefficient (Wildman–Crippen LogP) is 3.04. The summed E-state index contributed by atoms with van der Waals surface area (Å²) >= 11 is 11.2. The van der Waals surface area contributed by atoms with E-state index in [1.54, 1.807) is 24.3 Å². The molecule has 0 fully saturated rings. The maximum absolute atomic E-state index is 5.71. The molecule has 0 saturated heterocycles. The van der Waals surface area contributed by atoms with E-state index in [0.717, 1.165) is 5.56 Å². The molecule has 0 bridgehead atoms. The van der Waals surface area contributed by atoms with Crippen LogP contribution < -0.4 is 0 Å². The summed E-state index contributed by atoms with van der Waals surface area (Å²) in [6.07, 6.45) is 0. The van der Waals surface area contributed by atoms with Crippen LogP contribution in [0.2, 0.25) is 10.4 Å². The van der Waals surface area contributed by atoms with Gasteiger partial charge in [-0.2, -0.15) is 4.98 Å². The Hall–Kier alpha value is -1.06. The molecule has 0 saturated carbocycles. The molecular weight excluding hydrogens is 211 g/mol. The number of benzene rings is 1. The quantitative estimate of drug-likeness (QED) is 0.733. The van der Waals surface area contributed by atoms with Crippen molar-refractivity contribution in [1.29, 1.82) is 0 Å². The molecule has 0 unspecified atom stereocenters. The lowest BCUT2D eigenvalue weighted by Gasteiger charge is -1.92. The molecule has 2 rings (SSSR count). The Kier molecular flexibility index (Phi) is 2.20. The van der Waals surface area contributed by atoms with Crippen molar-refractivity contribution in [2.45, 2.75) is 0 Å². The summed E-state index contributed by atoms with van der Waals surface area (Å²) in [5.74, 6) is 0.460. The van der Waals surface area contributed by atoms with Crippen molar-refractivity contribution < 1.29 is 4.52 Å². The van der Waals surface area contributed by atoms with E-state index < -0.39 is 0 Å². The van der Waals surface area contributed by atoms with E-state index in [2.05, 4.69) is 14.7 Å². The molecule has 0 aliphatic rings. The molecule has 0 radical (unpaired) electrons. The Bertz CT molecular complexity index is 410. The Morgan fingerprint density at radius 1 is 1.08 bits per heavy atom. The second-order valence-electron chi connectivity index (χ2n) is 2.38. The summed E-state index contributed by atoms with van der Waals surface area (Å²) in [7, 11) is 0. The van der Waals surface area contributed by atoms with Gasteiger partial charge in [0.2, 0.25) is 5.82 Å². The van der Waals surface area contributed by atoms with E-state index in [9.17, 15) is 0 Å². The zero-order valence-electron chi connectivity index (χ0n) is 6.37. The van der Waals surface area contributed by atoms with Crippen LogP contribution in [0.4, 0.5) is 0 Å². The van der Waals surface area contributed by atoms with Crippen LogP contribution in [0.5, 0.6) is 0 Å². The van der Waals surface area contributed by atoms with Gasteiger partial charge in [0.25, 0.3) is 0 Å². The van der Waals surface area contributed by atoms with Crippen LogP contribution in [-0.4, -0.2) is 10.1 Å². The molecule has 0 atom stereocenters. The first-order valence-electron chi connectivity index (χ1n) is 3.51. The first-order valence-corrected chi connectivity index (χ1v) is 4.26. The van der Waals surface area contributed by atoms with Gasteiger partial charge < -0.3 is 4.52 Å². The van der Waals surface area contributed by atoms with Gasteiger partial charge in [-0.1, -0.05) is 16.8 Å². The third kappa shape index (κ3) is 1.82. The molecule has 0 amide bonds. The van der Waals surface area contributed by atoms with Gasteiger partial charge in [0.05, 0.1) is 0 Å². The standard InChI is InChI=1S/C8H4Cl2N2O/c9-6-3-1-5(2-4-6)7-11-8(10)13-12-7/h1-4H. The second kappa shape index (κ2) is 3.36. The third-order valence-electron chi connectivity index (χ3n) is 1.50. The van der Waals surface area contributed by atoms with Crippen LogP contribution in [0.1, 0.15) is 0 Å². The van der Waals surface area contributed by atoms with Crippen LogP contribution in [0.15, 0.2) is 28.8 Å². The number of rotatable bonds is 1. The lowest BCUT2D eigenvalue weighted by atomic mass is 10.2. The first-order chi connectivity index (χ1) is 6.25.